The molecular weight excluding hydrogens is 621 g/mol. The first-order chi connectivity index (χ1) is 21.1. The Bertz CT molecular complexity index is 2020. The van der Waals surface area contributed by atoms with Gasteiger partial charge in [-0.3, -0.25) is 0 Å². The Balaban J connectivity index is 1.74. The molecule has 0 amide bonds. The van der Waals surface area contributed by atoms with Gasteiger partial charge in [0.05, 0.1) is 22.9 Å². The predicted octanol–water partition coefficient (Wildman–Crippen LogP) is 7.06. The standard InChI is InChI=1S/C31H26F5N3O5S/c1-16-14-39(17(2)37-16)26-9-8-19(21-12-25(32)24(15-40)27(13-21)45(4,41)42)11-23(26)28-29(43-18(3)38-28)20-6-5-7-22(10-20)44-31(35,36)30(33)34/h5-14,30,40H,15H2,1-4H3. The van der Waals surface area contributed by atoms with Gasteiger partial charge in [-0.1, -0.05) is 18.2 Å². The fourth-order valence-corrected chi connectivity index (χ4v) is 5.90. The van der Waals surface area contributed by atoms with Crippen LogP contribution in [0.15, 0.2) is 70.1 Å². The van der Waals surface area contributed by atoms with E-state index in [0.717, 1.165) is 24.5 Å². The van der Waals surface area contributed by atoms with Crippen LogP contribution in [0.1, 0.15) is 23.0 Å². The minimum Gasteiger partial charge on any atom is -0.440 e. The van der Waals surface area contributed by atoms with Crippen LogP contribution in [0.25, 0.3) is 39.4 Å². The number of hydrogen-bond donors (Lipinski definition) is 1. The van der Waals surface area contributed by atoms with E-state index in [2.05, 4.69) is 14.7 Å². The van der Waals surface area contributed by atoms with Crippen LogP contribution in [0.2, 0.25) is 0 Å². The van der Waals surface area contributed by atoms with E-state index >= 15 is 4.39 Å². The number of oxazole rings is 1. The lowest BCUT2D eigenvalue weighted by Gasteiger charge is -2.17. The highest BCUT2D eigenvalue weighted by Crippen LogP contribution is 2.40. The van der Waals surface area contributed by atoms with Crippen molar-refractivity contribution in [1.82, 2.24) is 14.5 Å². The summed E-state index contributed by atoms with van der Waals surface area (Å²) in [7, 11) is -3.93. The second-order valence-electron chi connectivity index (χ2n) is 10.3. The predicted molar refractivity (Wildman–Crippen MR) is 155 cm³/mol. The van der Waals surface area contributed by atoms with Crippen molar-refractivity contribution in [3.63, 3.8) is 0 Å². The molecule has 2 aromatic heterocycles. The Morgan fingerprint density at radius 2 is 1.73 bits per heavy atom. The van der Waals surface area contributed by atoms with E-state index in [1.165, 1.54) is 18.2 Å². The first-order valence-electron chi connectivity index (χ1n) is 13.3. The highest BCUT2D eigenvalue weighted by atomic mass is 32.2. The van der Waals surface area contributed by atoms with Gasteiger partial charge in [0.1, 0.15) is 23.1 Å². The van der Waals surface area contributed by atoms with Crippen LogP contribution in [0.4, 0.5) is 22.0 Å². The van der Waals surface area contributed by atoms with Gasteiger partial charge in [0.2, 0.25) is 0 Å². The van der Waals surface area contributed by atoms with E-state index in [1.54, 1.807) is 49.7 Å². The molecule has 1 N–H and O–H groups in total. The Kier molecular flexibility index (Phi) is 8.31. The van der Waals surface area contributed by atoms with Crippen LogP contribution in [0.5, 0.6) is 5.75 Å². The number of benzene rings is 3. The van der Waals surface area contributed by atoms with Crippen LogP contribution in [-0.2, 0) is 16.4 Å². The van der Waals surface area contributed by atoms with E-state index in [1.807, 2.05) is 0 Å². The highest BCUT2D eigenvalue weighted by Gasteiger charge is 2.44. The molecule has 0 saturated heterocycles. The van der Waals surface area contributed by atoms with Crippen LogP contribution < -0.4 is 4.74 Å². The molecule has 0 aliphatic rings. The van der Waals surface area contributed by atoms with Gasteiger partial charge >= 0.3 is 12.5 Å². The largest absolute Gasteiger partial charge is 0.461 e. The summed E-state index contributed by atoms with van der Waals surface area (Å²) >= 11 is 0. The lowest BCUT2D eigenvalue weighted by Crippen LogP contribution is -2.33. The van der Waals surface area contributed by atoms with E-state index < -0.39 is 40.5 Å². The molecular formula is C31H26F5N3O5S. The van der Waals surface area contributed by atoms with E-state index in [0.29, 0.717) is 28.3 Å². The number of nitrogens with zero attached hydrogens (tertiary/aromatic N) is 3. The summed E-state index contributed by atoms with van der Waals surface area (Å²) in [6.45, 7) is 4.29. The van der Waals surface area contributed by atoms with E-state index in [-0.39, 0.29) is 38.9 Å². The van der Waals surface area contributed by atoms with Crippen molar-refractivity contribution >= 4 is 9.84 Å². The summed E-state index contributed by atoms with van der Waals surface area (Å²) in [5, 5.41) is 9.64. The quantitative estimate of drug-likeness (QED) is 0.171. The maximum absolute atomic E-state index is 15.1. The topological polar surface area (TPSA) is 107 Å². The van der Waals surface area contributed by atoms with Crippen molar-refractivity contribution in [1.29, 1.82) is 0 Å². The lowest BCUT2D eigenvalue weighted by molar-refractivity contribution is -0.253. The number of rotatable bonds is 9. The molecule has 0 bridgehead atoms. The monoisotopic (exact) mass is 647 g/mol. The minimum atomic E-state index is -4.73. The number of aromatic nitrogens is 3. The number of ether oxygens (including phenoxy) is 1. The number of alkyl halides is 4. The minimum absolute atomic E-state index is 0.0878. The lowest BCUT2D eigenvalue weighted by atomic mass is 9.97. The summed E-state index contributed by atoms with van der Waals surface area (Å²) in [6, 6.07) is 12.3. The average molecular weight is 648 g/mol. The second-order valence-corrected chi connectivity index (χ2v) is 12.3. The van der Waals surface area contributed by atoms with Crippen LogP contribution in [-0.4, -0.2) is 46.8 Å². The molecule has 14 heteroatoms. The zero-order valence-electron chi connectivity index (χ0n) is 24.3. The van der Waals surface area contributed by atoms with Crippen molar-refractivity contribution in [2.45, 2.75) is 44.8 Å². The number of hydrogen-bond acceptors (Lipinski definition) is 7. The van der Waals surface area contributed by atoms with Gasteiger partial charge in [-0.05, 0) is 61.4 Å². The van der Waals surface area contributed by atoms with Crippen molar-refractivity contribution in [3.8, 4) is 45.1 Å². The maximum atomic E-state index is 15.1. The van der Waals surface area contributed by atoms with Crippen molar-refractivity contribution in [2.24, 2.45) is 0 Å². The van der Waals surface area contributed by atoms with Crippen LogP contribution in [0.3, 0.4) is 0 Å². The molecule has 0 unspecified atom stereocenters. The first kappa shape index (κ1) is 31.9. The third-order valence-corrected chi connectivity index (χ3v) is 8.06. The number of halogens is 5. The van der Waals surface area contributed by atoms with Crippen LogP contribution >= 0.6 is 0 Å². The van der Waals surface area contributed by atoms with Crippen molar-refractivity contribution in [3.05, 3.63) is 89.6 Å². The van der Waals surface area contributed by atoms with E-state index in [9.17, 15) is 31.1 Å². The molecule has 0 aliphatic heterocycles. The third kappa shape index (κ3) is 6.33. The fourth-order valence-electron chi connectivity index (χ4n) is 4.95. The SMILES string of the molecule is Cc1cn(-c2ccc(-c3cc(F)c(CO)c(S(C)(=O)=O)c3)cc2-c2nc(C)oc2-c2cccc(OC(F)(F)C(F)F)c2)c(C)n1. The molecule has 3 aromatic carbocycles. The first-order valence-corrected chi connectivity index (χ1v) is 15.2. The molecule has 0 spiro atoms. The Morgan fingerprint density at radius 1 is 1.00 bits per heavy atom. The molecule has 0 radical (unpaired) electrons. The zero-order chi connectivity index (χ0) is 32.8. The molecule has 0 saturated carbocycles. The fraction of sp³-hybridized carbons (Fsp3) is 0.226. The highest BCUT2D eigenvalue weighted by molar-refractivity contribution is 7.90. The normalized spacial score (nSPS) is 12.2. The molecule has 45 heavy (non-hydrogen) atoms. The molecule has 236 valence electrons. The van der Waals surface area contributed by atoms with E-state index in [4.69, 9.17) is 4.42 Å². The number of imidazole rings is 1. The number of sulfone groups is 1. The zero-order valence-corrected chi connectivity index (χ0v) is 25.1. The molecule has 0 atom stereocenters. The van der Waals surface area contributed by atoms with Crippen molar-refractivity contribution in [2.75, 3.05) is 6.26 Å². The number of aliphatic hydroxyl groups is 1. The van der Waals surface area contributed by atoms with Crippen molar-refractivity contribution < 1.29 is 44.6 Å². The van der Waals surface area contributed by atoms with Gasteiger partial charge in [0.25, 0.3) is 0 Å². The molecule has 8 nitrogen and oxygen atoms in total. The summed E-state index contributed by atoms with van der Waals surface area (Å²) in [6.07, 6.45) is -6.12. The van der Waals surface area contributed by atoms with Gasteiger partial charge < -0.3 is 18.8 Å². The molecule has 0 aliphatic carbocycles. The smallest absolute Gasteiger partial charge is 0.440 e. The molecule has 2 heterocycles. The average Bonchev–Trinajstić information content (AvgIpc) is 3.52. The van der Waals surface area contributed by atoms with Crippen LogP contribution in [0, 0.1) is 26.6 Å². The number of aliphatic hydroxyl groups excluding tert-OH is 1. The maximum Gasteiger partial charge on any atom is 0.461 e. The second kappa shape index (κ2) is 11.7. The number of aryl methyl sites for hydroxylation is 3. The summed E-state index contributed by atoms with van der Waals surface area (Å²) in [5.74, 6) is -0.592. The molecule has 5 aromatic rings. The molecule has 0 fully saturated rings. The Hall–Kier alpha value is -4.56. The van der Waals surface area contributed by atoms with Gasteiger partial charge in [-0.2, -0.15) is 17.6 Å². The van der Waals surface area contributed by atoms with Gasteiger partial charge in [0.15, 0.2) is 21.5 Å². The summed E-state index contributed by atoms with van der Waals surface area (Å²) < 4.78 is 105. The third-order valence-electron chi connectivity index (χ3n) is 6.90. The Morgan fingerprint density at radius 3 is 2.36 bits per heavy atom. The Labute approximate surface area is 254 Å². The van der Waals surface area contributed by atoms with Gasteiger partial charge in [-0.15, -0.1) is 0 Å². The summed E-state index contributed by atoms with van der Waals surface area (Å²) in [4.78, 5) is 8.61. The van der Waals surface area contributed by atoms with Gasteiger partial charge in [-0.25, -0.2) is 22.8 Å². The summed E-state index contributed by atoms with van der Waals surface area (Å²) in [5.41, 5.74) is 2.22. The molecule has 5 rings (SSSR count). The van der Waals surface area contributed by atoms with Gasteiger partial charge in [0, 0.05) is 36.1 Å².